The minimum absolute atomic E-state index is 0.0162. The van der Waals surface area contributed by atoms with Gasteiger partial charge in [-0.15, -0.1) is 5.10 Å². The summed E-state index contributed by atoms with van der Waals surface area (Å²) < 4.78 is 1.35. The summed E-state index contributed by atoms with van der Waals surface area (Å²) in [5, 5.41) is 9.96. The number of aromatic nitrogens is 3. The Morgan fingerprint density at radius 3 is 2.42 bits per heavy atom. The van der Waals surface area contributed by atoms with E-state index in [0.29, 0.717) is 16.3 Å². The highest BCUT2D eigenvalue weighted by atomic mass is 35.5. The van der Waals surface area contributed by atoms with E-state index < -0.39 is 0 Å². The molecule has 1 heterocycles. The molecule has 0 aliphatic carbocycles. The van der Waals surface area contributed by atoms with Gasteiger partial charge in [0.15, 0.2) is 0 Å². The van der Waals surface area contributed by atoms with Crippen molar-refractivity contribution in [3.8, 4) is 0 Å². The predicted molar refractivity (Wildman–Crippen MR) is 99.2 cm³/mol. The number of halogens is 1. The lowest BCUT2D eigenvalue weighted by atomic mass is 10.2. The topological polar surface area (TPSA) is 88.9 Å². The van der Waals surface area contributed by atoms with Crippen molar-refractivity contribution in [3.05, 3.63) is 71.0 Å². The van der Waals surface area contributed by atoms with Gasteiger partial charge in [-0.05, 0) is 43.3 Å². The van der Waals surface area contributed by atoms with Crippen molar-refractivity contribution < 1.29 is 9.59 Å². The van der Waals surface area contributed by atoms with Crippen LogP contribution in [0.2, 0.25) is 5.02 Å². The molecule has 0 spiro atoms. The van der Waals surface area contributed by atoms with Crippen LogP contribution in [-0.2, 0) is 11.3 Å². The largest absolute Gasteiger partial charge is 0.324 e. The predicted octanol–water partition coefficient (Wildman–Crippen LogP) is 3.13. The normalized spacial score (nSPS) is 10.4. The Bertz CT molecular complexity index is 920. The molecule has 0 aliphatic rings. The standard InChI is InChI=1S/C18H16ClN5O2/c1-12-2-8-15(9-3-12)21-16(25)10-24-11-20-18(23-24)22-17(26)13-4-6-14(19)7-5-13/h2-9,11H,10H2,1H3,(H,21,25)(H,22,23,26). The molecular weight excluding hydrogens is 354 g/mol. The van der Waals surface area contributed by atoms with Gasteiger partial charge in [0.05, 0.1) is 0 Å². The van der Waals surface area contributed by atoms with E-state index in [9.17, 15) is 9.59 Å². The fourth-order valence-electron chi connectivity index (χ4n) is 2.19. The molecule has 132 valence electrons. The van der Waals surface area contributed by atoms with Gasteiger partial charge < -0.3 is 5.32 Å². The molecule has 0 saturated carbocycles. The third-order valence-electron chi connectivity index (χ3n) is 3.51. The summed E-state index contributed by atoms with van der Waals surface area (Å²) in [6.45, 7) is 1.96. The van der Waals surface area contributed by atoms with Gasteiger partial charge >= 0.3 is 0 Å². The van der Waals surface area contributed by atoms with Gasteiger partial charge in [-0.2, -0.15) is 0 Å². The number of carbonyl (C=O) groups is 2. The number of nitrogens with one attached hydrogen (secondary N) is 2. The van der Waals surface area contributed by atoms with E-state index in [1.54, 1.807) is 24.3 Å². The Balaban J connectivity index is 1.57. The van der Waals surface area contributed by atoms with Crippen molar-refractivity contribution in [2.45, 2.75) is 13.5 Å². The van der Waals surface area contributed by atoms with Gasteiger partial charge in [-0.1, -0.05) is 29.3 Å². The SMILES string of the molecule is Cc1ccc(NC(=O)Cn2cnc(NC(=O)c3ccc(Cl)cc3)n2)cc1. The van der Waals surface area contributed by atoms with Gasteiger partial charge in [-0.25, -0.2) is 9.67 Å². The number of anilines is 2. The average Bonchev–Trinajstić information content (AvgIpc) is 3.04. The Labute approximate surface area is 155 Å². The van der Waals surface area contributed by atoms with E-state index in [2.05, 4.69) is 20.7 Å². The summed E-state index contributed by atoms with van der Waals surface area (Å²) in [5.41, 5.74) is 2.25. The molecule has 2 aromatic carbocycles. The first-order chi connectivity index (χ1) is 12.5. The minimum Gasteiger partial charge on any atom is -0.324 e. The molecule has 0 unspecified atom stereocenters. The van der Waals surface area contributed by atoms with Crippen LogP contribution in [0.25, 0.3) is 0 Å². The van der Waals surface area contributed by atoms with Crippen molar-refractivity contribution in [3.63, 3.8) is 0 Å². The van der Waals surface area contributed by atoms with Crippen molar-refractivity contribution in [1.29, 1.82) is 0 Å². The Kier molecular flexibility index (Phi) is 5.28. The Morgan fingerprint density at radius 1 is 1.04 bits per heavy atom. The number of nitrogens with zero attached hydrogens (tertiary/aromatic N) is 3. The number of aryl methyl sites for hydroxylation is 1. The summed E-state index contributed by atoms with van der Waals surface area (Å²) >= 11 is 5.80. The molecule has 0 atom stereocenters. The van der Waals surface area contributed by atoms with Crippen LogP contribution in [0.3, 0.4) is 0 Å². The van der Waals surface area contributed by atoms with Crippen LogP contribution >= 0.6 is 11.6 Å². The van der Waals surface area contributed by atoms with Crippen LogP contribution in [0.5, 0.6) is 0 Å². The van der Waals surface area contributed by atoms with Crippen molar-refractivity contribution >= 4 is 35.1 Å². The first-order valence-electron chi connectivity index (χ1n) is 7.82. The molecule has 3 aromatic rings. The molecule has 7 nitrogen and oxygen atoms in total. The number of hydrogen-bond acceptors (Lipinski definition) is 4. The molecule has 26 heavy (non-hydrogen) atoms. The number of rotatable bonds is 5. The monoisotopic (exact) mass is 369 g/mol. The maximum absolute atomic E-state index is 12.1. The van der Waals surface area contributed by atoms with Crippen molar-refractivity contribution in [2.75, 3.05) is 10.6 Å². The van der Waals surface area contributed by atoms with Gasteiger partial charge in [0.25, 0.3) is 5.91 Å². The number of benzene rings is 2. The zero-order valence-corrected chi connectivity index (χ0v) is 14.7. The molecule has 0 fully saturated rings. The van der Waals surface area contributed by atoms with E-state index in [4.69, 9.17) is 11.6 Å². The maximum Gasteiger partial charge on any atom is 0.258 e. The molecule has 8 heteroatoms. The lowest BCUT2D eigenvalue weighted by molar-refractivity contribution is -0.116. The highest BCUT2D eigenvalue weighted by Gasteiger charge is 2.10. The highest BCUT2D eigenvalue weighted by Crippen LogP contribution is 2.11. The quantitative estimate of drug-likeness (QED) is 0.723. The molecule has 1 aromatic heterocycles. The number of carbonyl (C=O) groups excluding carboxylic acids is 2. The summed E-state index contributed by atoms with van der Waals surface area (Å²) in [4.78, 5) is 28.1. The fourth-order valence-corrected chi connectivity index (χ4v) is 2.31. The Morgan fingerprint density at radius 2 is 1.73 bits per heavy atom. The van der Waals surface area contributed by atoms with E-state index >= 15 is 0 Å². The van der Waals surface area contributed by atoms with Crippen LogP contribution in [0.15, 0.2) is 54.9 Å². The molecule has 0 saturated heterocycles. The van der Waals surface area contributed by atoms with Crippen LogP contribution in [-0.4, -0.2) is 26.6 Å². The lowest BCUT2D eigenvalue weighted by Crippen LogP contribution is -2.19. The number of amides is 2. The third kappa shape index (κ3) is 4.67. The van der Waals surface area contributed by atoms with Crippen molar-refractivity contribution in [2.24, 2.45) is 0 Å². The molecule has 0 aliphatic heterocycles. The van der Waals surface area contributed by atoms with Gasteiger partial charge in [0, 0.05) is 16.3 Å². The van der Waals surface area contributed by atoms with Crippen LogP contribution in [0, 0.1) is 6.92 Å². The first-order valence-corrected chi connectivity index (χ1v) is 8.20. The highest BCUT2D eigenvalue weighted by molar-refractivity contribution is 6.30. The zero-order chi connectivity index (χ0) is 18.5. The minimum atomic E-state index is -0.358. The smallest absolute Gasteiger partial charge is 0.258 e. The second-order valence-electron chi connectivity index (χ2n) is 5.64. The van der Waals surface area contributed by atoms with Crippen LogP contribution in [0.1, 0.15) is 15.9 Å². The molecule has 0 bridgehead atoms. The van der Waals surface area contributed by atoms with Crippen LogP contribution < -0.4 is 10.6 Å². The second kappa shape index (κ2) is 7.79. The zero-order valence-electron chi connectivity index (χ0n) is 13.9. The number of hydrogen-bond donors (Lipinski definition) is 2. The lowest BCUT2D eigenvalue weighted by Gasteiger charge is -2.05. The maximum atomic E-state index is 12.1. The van der Waals surface area contributed by atoms with E-state index in [-0.39, 0.29) is 24.3 Å². The van der Waals surface area contributed by atoms with Crippen LogP contribution in [0.4, 0.5) is 11.6 Å². The summed E-state index contributed by atoms with van der Waals surface area (Å²) in [6, 6.07) is 13.9. The van der Waals surface area contributed by atoms with Crippen molar-refractivity contribution in [1.82, 2.24) is 14.8 Å². The molecule has 2 N–H and O–H groups in total. The second-order valence-corrected chi connectivity index (χ2v) is 6.08. The Hall–Kier alpha value is -3.19. The third-order valence-corrected chi connectivity index (χ3v) is 3.76. The summed E-state index contributed by atoms with van der Waals surface area (Å²) in [6.07, 6.45) is 1.38. The first kappa shape index (κ1) is 17.6. The summed E-state index contributed by atoms with van der Waals surface area (Å²) in [5.74, 6) is -0.481. The van der Waals surface area contributed by atoms with Gasteiger partial charge in [0.1, 0.15) is 12.9 Å². The molecule has 0 radical (unpaired) electrons. The molecule has 2 amide bonds. The molecular formula is C18H16ClN5O2. The van der Waals surface area contributed by atoms with Gasteiger partial charge in [0.2, 0.25) is 11.9 Å². The van der Waals surface area contributed by atoms with E-state index in [0.717, 1.165) is 5.56 Å². The van der Waals surface area contributed by atoms with E-state index in [1.165, 1.54) is 11.0 Å². The van der Waals surface area contributed by atoms with Gasteiger partial charge in [-0.3, -0.25) is 14.9 Å². The summed E-state index contributed by atoms with van der Waals surface area (Å²) in [7, 11) is 0. The molecule has 3 rings (SSSR count). The fraction of sp³-hybridized carbons (Fsp3) is 0.111. The van der Waals surface area contributed by atoms with E-state index in [1.807, 2.05) is 31.2 Å². The average molecular weight is 370 g/mol.